The molecule has 0 bridgehead atoms. The topological polar surface area (TPSA) is 76.0 Å². The molecule has 0 saturated heterocycles. The van der Waals surface area contributed by atoms with Crippen molar-refractivity contribution in [2.24, 2.45) is 0 Å². The van der Waals surface area contributed by atoms with Crippen LogP contribution in [0.25, 0.3) is 0 Å². The quantitative estimate of drug-likeness (QED) is 0.801. The highest BCUT2D eigenvalue weighted by atomic mass is 16.5. The maximum absolute atomic E-state index is 11.6. The number of hydrogen-bond donors (Lipinski definition) is 2. The van der Waals surface area contributed by atoms with Gasteiger partial charge in [0.1, 0.15) is 17.6 Å². The molecule has 1 atom stereocenters. The molecule has 0 fully saturated rings. The van der Waals surface area contributed by atoms with E-state index in [2.05, 4.69) is 0 Å². The molecular formula is C18H20O5. The second-order valence-electron chi connectivity index (χ2n) is 4.90. The Hall–Kier alpha value is -2.53. The number of benzene rings is 2. The number of rotatable bonds is 6. The highest BCUT2D eigenvalue weighted by molar-refractivity contribution is 5.90. The first-order chi connectivity index (χ1) is 11.1. The third-order valence-corrected chi connectivity index (χ3v) is 3.34. The van der Waals surface area contributed by atoms with E-state index in [4.69, 9.17) is 9.47 Å². The normalized spacial score (nSPS) is 11.8. The van der Waals surface area contributed by atoms with Crippen molar-refractivity contribution in [3.8, 4) is 11.5 Å². The van der Waals surface area contributed by atoms with Crippen molar-refractivity contribution >= 4 is 5.97 Å². The van der Waals surface area contributed by atoms with Crippen LogP contribution < -0.4 is 4.74 Å². The van der Waals surface area contributed by atoms with Crippen molar-refractivity contribution in [2.45, 2.75) is 20.0 Å². The molecule has 0 radical (unpaired) electrons. The predicted octanol–water partition coefficient (Wildman–Crippen LogP) is 3.05. The van der Waals surface area contributed by atoms with E-state index < -0.39 is 12.1 Å². The highest BCUT2D eigenvalue weighted by Gasteiger charge is 2.17. The first-order valence-electron chi connectivity index (χ1n) is 7.47. The van der Waals surface area contributed by atoms with Gasteiger partial charge >= 0.3 is 5.97 Å². The Bertz CT molecular complexity index is 664. The van der Waals surface area contributed by atoms with E-state index in [-0.39, 0.29) is 17.9 Å². The number of esters is 1. The molecule has 0 aliphatic carbocycles. The van der Waals surface area contributed by atoms with Gasteiger partial charge in [-0.2, -0.15) is 0 Å². The van der Waals surface area contributed by atoms with Gasteiger partial charge in [-0.1, -0.05) is 18.2 Å². The Labute approximate surface area is 135 Å². The van der Waals surface area contributed by atoms with Crippen LogP contribution in [0, 0.1) is 0 Å². The fourth-order valence-electron chi connectivity index (χ4n) is 2.21. The number of phenols is 1. The number of ether oxygens (including phenoxy) is 2. The van der Waals surface area contributed by atoms with Crippen LogP contribution in [0.5, 0.6) is 11.5 Å². The molecule has 0 aliphatic rings. The zero-order valence-corrected chi connectivity index (χ0v) is 13.2. The van der Waals surface area contributed by atoms with Crippen LogP contribution >= 0.6 is 0 Å². The van der Waals surface area contributed by atoms with Crippen LogP contribution in [-0.2, 0) is 4.74 Å². The van der Waals surface area contributed by atoms with E-state index in [0.717, 1.165) is 0 Å². The van der Waals surface area contributed by atoms with Crippen LogP contribution in [0.3, 0.4) is 0 Å². The van der Waals surface area contributed by atoms with Crippen LogP contribution in [-0.4, -0.2) is 29.4 Å². The molecule has 0 amide bonds. The second-order valence-corrected chi connectivity index (χ2v) is 4.90. The maximum Gasteiger partial charge on any atom is 0.338 e. The Morgan fingerprint density at radius 3 is 2.35 bits per heavy atom. The lowest BCUT2D eigenvalue weighted by atomic mass is 9.99. The largest absolute Gasteiger partial charge is 0.508 e. The average Bonchev–Trinajstić information content (AvgIpc) is 2.55. The molecule has 0 spiro atoms. The smallest absolute Gasteiger partial charge is 0.338 e. The zero-order chi connectivity index (χ0) is 16.8. The molecule has 5 heteroatoms. The molecule has 122 valence electrons. The first kappa shape index (κ1) is 16.8. The van der Waals surface area contributed by atoms with Crippen molar-refractivity contribution in [1.29, 1.82) is 0 Å². The van der Waals surface area contributed by atoms with Gasteiger partial charge in [0.25, 0.3) is 0 Å². The van der Waals surface area contributed by atoms with E-state index in [1.54, 1.807) is 31.2 Å². The van der Waals surface area contributed by atoms with Crippen molar-refractivity contribution in [1.82, 2.24) is 0 Å². The molecule has 2 rings (SSSR count). The molecule has 2 aromatic carbocycles. The molecule has 23 heavy (non-hydrogen) atoms. The summed E-state index contributed by atoms with van der Waals surface area (Å²) in [5, 5.41) is 20.5. The lowest BCUT2D eigenvalue weighted by molar-refractivity contribution is 0.0525. The molecule has 2 N–H and O–H groups in total. The lowest BCUT2D eigenvalue weighted by Gasteiger charge is -2.14. The van der Waals surface area contributed by atoms with Gasteiger partial charge in [0.15, 0.2) is 0 Å². The Morgan fingerprint density at radius 1 is 1.09 bits per heavy atom. The minimum atomic E-state index is -0.998. The van der Waals surface area contributed by atoms with Gasteiger partial charge in [-0.15, -0.1) is 0 Å². The summed E-state index contributed by atoms with van der Waals surface area (Å²) in [4.78, 5) is 11.6. The van der Waals surface area contributed by atoms with Crippen molar-refractivity contribution in [2.75, 3.05) is 13.2 Å². The molecule has 1 unspecified atom stereocenters. The maximum atomic E-state index is 11.6. The summed E-state index contributed by atoms with van der Waals surface area (Å²) in [5.41, 5.74) is 1.18. The second kappa shape index (κ2) is 7.65. The van der Waals surface area contributed by atoms with Crippen molar-refractivity contribution < 1.29 is 24.5 Å². The number of aliphatic hydroxyl groups is 1. The summed E-state index contributed by atoms with van der Waals surface area (Å²) in [6.07, 6.45) is -0.998. The van der Waals surface area contributed by atoms with Crippen LogP contribution in [0.15, 0.2) is 42.5 Å². The Morgan fingerprint density at radius 2 is 1.78 bits per heavy atom. The molecule has 0 aliphatic heterocycles. The Kier molecular flexibility index (Phi) is 5.60. The lowest BCUT2D eigenvalue weighted by Crippen LogP contribution is -2.06. The first-order valence-corrected chi connectivity index (χ1v) is 7.47. The summed E-state index contributed by atoms with van der Waals surface area (Å²) >= 11 is 0. The number of carbonyl (C=O) groups is 1. The number of carbonyl (C=O) groups excluding carboxylic acids is 1. The van der Waals surface area contributed by atoms with Gasteiger partial charge in [0.2, 0.25) is 0 Å². The van der Waals surface area contributed by atoms with Crippen LogP contribution in [0.4, 0.5) is 0 Å². The summed E-state index contributed by atoms with van der Waals surface area (Å²) in [6, 6.07) is 11.3. The minimum Gasteiger partial charge on any atom is -0.508 e. The van der Waals surface area contributed by atoms with Crippen molar-refractivity contribution in [3.63, 3.8) is 0 Å². The summed E-state index contributed by atoms with van der Waals surface area (Å²) in [5.74, 6) is 0.0483. The average molecular weight is 316 g/mol. The van der Waals surface area contributed by atoms with Gasteiger partial charge in [-0.05, 0) is 43.7 Å². The van der Waals surface area contributed by atoms with E-state index in [1.165, 1.54) is 18.2 Å². The van der Waals surface area contributed by atoms with E-state index in [1.807, 2.05) is 6.92 Å². The number of hydrogen-bond acceptors (Lipinski definition) is 5. The van der Waals surface area contributed by atoms with Crippen LogP contribution in [0.2, 0.25) is 0 Å². The van der Waals surface area contributed by atoms with Crippen LogP contribution in [0.1, 0.15) is 41.4 Å². The number of aromatic hydroxyl groups is 1. The molecule has 2 aromatic rings. The van der Waals surface area contributed by atoms with Gasteiger partial charge < -0.3 is 19.7 Å². The van der Waals surface area contributed by atoms with Gasteiger partial charge in [0, 0.05) is 5.56 Å². The number of aliphatic hydroxyl groups excluding tert-OH is 1. The van der Waals surface area contributed by atoms with Gasteiger partial charge in [-0.3, -0.25) is 0 Å². The fraction of sp³-hybridized carbons (Fsp3) is 0.278. The SMILES string of the molecule is CCOC(=O)c1ccc(C(O)c2ccc(OCC)cc2)c(O)c1. The standard InChI is InChI=1S/C18H20O5/c1-3-22-14-8-5-12(6-9-14)17(20)15-10-7-13(11-16(15)19)18(21)23-4-2/h5-11,17,19-20H,3-4H2,1-2H3. The third-order valence-electron chi connectivity index (χ3n) is 3.34. The van der Waals surface area contributed by atoms with Gasteiger partial charge in [0.05, 0.1) is 18.8 Å². The third kappa shape index (κ3) is 4.02. The predicted molar refractivity (Wildman–Crippen MR) is 85.7 cm³/mol. The van der Waals surface area contributed by atoms with E-state index in [0.29, 0.717) is 23.5 Å². The molecule has 0 aromatic heterocycles. The highest BCUT2D eigenvalue weighted by Crippen LogP contribution is 2.31. The monoisotopic (exact) mass is 316 g/mol. The molecule has 0 heterocycles. The van der Waals surface area contributed by atoms with Gasteiger partial charge in [-0.25, -0.2) is 4.79 Å². The molecular weight excluding hydrogens is 296 g/mol. The Balaban J connectivity index is 2.21. The summed E-state index contributed by atoms with van der Waals surface area (Å²) in [7, 11) is 0. The summed E-state index contributed by atoms with van der Waals surface area (Å²) in [6.45, 7) is 4.43. The fourth-order valence-corrected chi connectivity index (χ4v) is 2.21. The number of phenolic OH excluding ortho intramolecular Hbond substituents is 1. The zero-order valence-electron chi connectivity index (χ0n) is 13.2. The van der Waals surface area contributed by atoms with Crippen molar-refractivity contribution in [3.05, 3.63) is 59.2 Å². The van der Waals surface area contributed by atoms with E-state index in [9.17, 15) is 15.0 Å². The molecule has 0 saturated carbocycles. The summed E-state index contributed by atoms with van der Waals surface area (Å²) < 4.78 is 10.2. The van der Waals surface area contributed by atoms with E-state index >= 15 is 0 Å². The molecule has 5 nitrogen and oxygen atoms in total. The minimum absolute atomic E-state index is 0.156.